The number of hydrogen-bond donors (Lipinski definition) is 2. The summed E-state index contributed by atoms with van der Waals surface area (Å²) in [6, 6.07) is 14.1. The summed E-state index contributed by atoms with van der Waals surface area (Å²) in [5.74, 6) is 0.945. The van der Waals surface area contributed by atoms with Crippen LogP contribution in [0.15, 0.2) is 48.7 Å². The van der Waals surface area contributed by atoms with Crippen molar-refractivity contribution in [1.29, 1.82) is 0 Å². The maximum atomic E-state index is 6.18. The topological polar surface area (TPSA) is 67.6 Å². The number of fused-ring (bicyclic) bond motifs is 1. The summed E-state index contributed by atoms with van der Waals surface area (Å²) in [6.07, 6.45) is 3.44. The first kappa shape index (κ1) is 11.9. The van der Waals surface area contributed by atoms with Crippen molar-refractivity contribution < 1.29 is 0 Å². The quantitative estimate of drug-likeness (QED) is 0.750. The molecule has 0 spiro atoms. The molecular weight excluding hydrogens is 236 g/mol. The lowest BCUT2D eigenvalue weighted by Crippen LogP contribution is -2.11. The van der Waals surface area contributed by atoms with E-state index < -0.39 is 0 Å². The zero-order valence-corrected chi connectivity index (χ0v) is 10.6. The standard InChI is InChI=1S/C15H16N4/c16-12(11-5-2-1-3-6-11)8-9-14-18-13-7-4-10-17-15(13)19-14/h1-7,10,12H,8-9,16H2,(H,17,18,19). The maximum Gasteiger partial charge on any atom is 0.177 e. The Morgan fingerprint density at radius 3 is 2.74 bits per heavy atom. The van der Waals surface area contributed by atoms with Gasteiger partial charge in [-0.2, -0.15) is 0 Å². The number of aromatic amines is 1. The largest absolute Gasteiger partial charge is 0.341 e. The molecule has 0 aliphatic rings. The first-order valence-electron chi connectivity index (χ1n) is 6.43. The van der Waals surface area contributed by atoms with Gasteiger partial charge >= 0.3 is 0 Å². The minimum Gasteiger partial charge on any atom is -0.341 e. The molecule has 1 atom stereocenters. The molecule has 1 unspecified atom stereocenters. The number of aryl methyl sites for hydroxylation is 1. The van der Waals surface area contributed by atoms with E-state index in [0.717, 1.165) is 35.4 Å². The summed E-state index contributed by atoms with van der Waals surface area (Å²) in [4.78, 5) is 11.9. The van der Waals surface area contributed by atoms with E-state index in [1.807, 2.05) is 30.3 Å². The normalized spacial score (nSPS) is 12.7. The van der Waals surface area contributed by atoms with Crippen molar-refractivity contribution in [3.8, 4) is 0 Å². The SMILES string of the molecule is NC(CCc1nc2ncccc2[nH]1)c1ccccc1. The molecule has 96 valence electrons. The third kappa shape index (κ3) is 2.63. The monoisotopic (exact) mass is 252 g/mol. The zero-order valence-electron chi connectivity index (χ0n) is 10.6. The van der Waals surface area contributed by atoms with Crippen molar-refractivity contribution >= 4 is 11.2 Å². The lowest BCUT2D eigenvalue weighted by molar-refractivity contribution is 0.638. The van der Waals surface area contributed by atoms with Gasteiger partial charge in [-0.05, 0) is 24.1 Å². The van der Waals surface area contributed by atoms with Gasteiger partial charge < -0.3 is 10.7 Å². The molecule has 3 rings (SSSR count). The molecule has 0 aliphatic carbocycles. The summed E-state index contributed by atoms with van der Waals surface area (Å²) in [5.41, 5.74) is 9.09. The Kier molecular flexibility index (Phi) is 3.25. The highest BCUT2D eigenvalue weighted by molar-refractivity contribution is 5.69. The predicted octanol–water partition coefficient (Wildman–Crippen LogP) is 2.59. The van der Waals surface area contributed by atoms with Gasteiger partial charge in [0.2, 0.25) is 0 Å². The fourth-order valence-corrected chi connectivity index (χ4v) is 2.17. The van der Waals surface area contributed by atoms with Gasteiger partial charge in [-0.25, -0.2) is 9.97 Å². The van der Waals surface area contributed by atoms with E-state index in [4.69, 9.17) is 5.73 Å². The van der Waals surface area contributed by atoms with Gasteiger partial charge in [0.1, 0.15) is 5.82 Å². The summed E-state index contributed by atoms with van der Waals surface area (Å²) in [6.45, 7) is 0. The first-order chi connectivity index (χ1) is 9.33. The highest BCUT2D eigenvalue weighted by Gasteiger charge is 2.08. The molecule has 2 aromatic heterocycles. The molecule has 4 nitrogen and oxygen atoms in total. The fraction of sp³-hybridized carbons (Fsp3) is 0.200. The van der Waals surface area contributed by atoms with Gasteiger partial charge in [0.25, 0.3) is 0 Å². The van der Waals surface area contributed by atoms with E-state index in [0.29, 0.717) is 0 Å². The van der Waals surface area contributed by atoms with Crippen molar-refractivity contribution in [2.75, 3.05) is 0 Å². The Morgan fingerprint density at radius 1 is 1.11 bits per heavy atom. The summed E-state index contributed by atoms with van der Waals surface area (Å²) < 4.78 is 0. The average molecular weight is 252 g/mol. The minimum absolute atomic E-state index is 0.0439. The second-order valence-corrected chi connectivity index (χ2v) is 4.61. The second-order valence-electron chi connectivity index (χ2n) is 4.61. The molecule has 0 bridgehead atoms. The van der Waals surface area contributed by atoms with Gasteiger partial charge in [0.05, 0.1) is 5.52 Å². The van der Waals surface area contributed by atoms with Crippen LogP contribution in [0, 0.1) is 0 Å². The van der Waals surface area contributed by atoms with Crippen LogP contribution in [-0.4, -0.2) is 15.0 Å². The van der Waals surface area contributed by atoms with Crippen LogP contribution in [0.3, 0.4) is 0 Å². The summed E-state index contributed by atoms with van der Waals surface area (Å²) in [5, 5.41) is 0. The molecule has 0 fully saturated rings. The molecule has 0 saturated carbocycles. The molecule has 0 aliphatic heterocycles. The number of hydrogen-bond acceptors (Lipinski definition) is 3. The number of benzene rings is 1. The van der Waals surface area contributed by atoms with E-state index in [1.54, 1.807) is 6.20 Å². The summed E-state index contributed by atoms with van der Waals surface area (Å²) in [7, 11) is 0. The van der Waals surface area contributed by atoms with Crippen molar-refractivity contribution in [2.45, 2.75) is 18.9 Å². The van der Waals surface area contributed by atoms with Gasteiger partial charge in [-0.1, -0.05) is 30.3 Å². The van der Waals surface area contributed by atoms with E-state index in [-0.39, 0.29) is 6.04 Å². The third-order valence-corrected chi connectivity index (χ3v) is 3.23. The Hall–Kier alpha value is -2.20. The second kappa shape index (κ2) is 5.20. The number of nitrogens with one attached hydrogen (secondary N) is 1. The highest BCUT2D eigenvalue weighted by atomic mass is 15.0. The van der Waals surface area contributed by atoms with E-state index >= 15 is 0 Å². The lowest BCUT2D eigenvalue weighted by atomic mass is 10.0. The number of rotatable bonds is 4. The van der Waals surface area contributed by atoms with Crippen LogP contribution in [0.5, 0.6) is 0 Å². The van der Waals surface area contributed by atoms with E-state index in [9.17, 15) is 0 Å². The Balaban J connectivity index is 1.69. The zero-order chi connectivity index (χ0) is 13.1. The van der Waals surface area contributed by atoms with Crippen LogP contribution in [0.4, 0.5) is 0 Å². The predicted molar refractivity (Wildman–Crippen MR) is 75.6 cm³/mol. The number of H-pyrrole nitrogens is 1. The molecule has 3 aromatic rings. The highest BCUT2D eigenvalue weighted by Crippen LogP contribution is 2.16. The smallest absolute Gasteiger partial charge is 0.177 e. The first-order valence-corrected chi connectivity index (χ1v) is 6.43. The minimum atomic E-state index is 0.0439. The van der Waals surface area contributed by atoms with Gasteiger partial charge in [-0.15, -0.1) is 0 Å². The van der Waals surface area contributed by atoms with Gasteiger partial charge in [0, 0.05) is 18.7 Å². The molecule has 19 heavy (non-hydrogen) atoms. The molecule has 0 saturated heterocycles. The van der Waals surface area contributed by atoms with Crippen molar-refractivity contribution in [1.82, 2.24) is 15.0 Å². The lowest BCUT2D eigenvalue weighted by Gasteiger charge is -2.10. The molecule has 1 aromatic carbocycles. The number of aromatic nitrogens is 3. The molecule has 0 radical (unpaired) electrons. The number of pyridine rings is 1. The number of nitrogens with zero attached hydrogens (tertiary/aromatic N) is 2. The molecule has 3 N–H and O–H groups in total. The van der Waals surface area contributed by atoms with Crippen LogP contribution in [0.1, 0.15) is 23.9 Å². The summed E-state index contributed by atoms with van der Waals surface area (Å²) >= 11 is 0. The van der Waals surface area contributed by atoms with Crippen LogP contribution < -0.4 is 5.73 Å². The van der Waals surface area contributed by atoms with Crippen LogP contribution in [-0.2, 0) is 6.42 Å². The fourth-order valence-electron chi connectivity index (χ4n) is 2.17. The third-order valence-electron chi connectivity index (χ3n) is 3.23. The molecule has 0 amide bonds. The number of nitrogens with two attached hydrogens (primary N) is 1. The molecule has 2 heterocycles. The number of imidazole rings is 1. The van der Waals surface area contributed by atoms with Crippen LogP contribution in [0.25, 0.3) is 11.2 Å². The van der Waals surface area contributed by atoms with Crippen molar-refractivity contribution in [3.63, 3.8) is 0 Å². The molecular formula is C15H16N4. The Bertz CT molecular complexity index is 627. The van der Waals surface area contributed by atoms with Crippen LogP contribution >= 0.6 is 0 Å². The van der Waals surface area contributed by atoms with Gasteiger partial charge in [-0.3, -0.25) is 0 Å². The Morgan fingerprint density at radius 2 is 1.95 bits per heavy atom. The van der Waals surface area contributed by atoms with Crippen molar-refractivity contribution in [3.05, 3.63) is 60.0 Å². The average Bonchev–Trinajstić information content (AvgIpc) is 2.88. The molecule has 4 heteroatoms. The van der Waals surface area contributed by atoms with Crippen LogP contribution in [0.2, 0.25) is 0 Å². The van der Waals surface area contributed by atoms with Gasteiger partial charge in [0.15, 0.2) is 5.65 Å². The Labute approximate surface area is 111 Å². The van der Waals surface area contributed by atoms with E-state index in [2.05, 4.69) is 27.1 Å². The maximum absolute atomic E-state index is 6.18. The van der Waals surface area contributed by atoms with E-state index in [1.165, 1.54) is 0 Å². The van der Waals surface area contributed by atoms with Crippen molar-refractivity contribution in [2.24, 2.45) is 5.73 Å².